The van der Waals surface area contributed by atoms with Crippen LogP contribution in [0.25, 0.3) is 0 Å². The monoisotopic (exact) mass is 326 g/mol. The van der Waals surface area contributed by atoms with Crippen molar-refractivity contribution in [2.75, 3.05) is 25.6 Å². The fourth-order valence-corrected chi connectivity index (χ4v) is 3.34. The molecule has 2 amide bonds. The van der Waals surface area contributed by atoms with Gasteiger partial charge >= 0.3 is 0 Å². The van der Waals surface area contributed by atoms with Gasteiger partial charge in [0, 0.05) is 26.5 Å². The van der Waals surface area contributed by atoms with E-state index in [4.69, 9.17) is 4.74 Å². The van der Waals surface area contributed by atoms with Crippen molar-refractivity contribution in [3.63, 3.8) is 0 Å². The van der Waals surface area contributed by atoms with E-state index in [0.717, 1.165) is 17.8 Å². The lowest BCUT2D eigenvalue weighted by Gasteiger charge is -2.23. The van der Waals surface area contributed by atoms with Crippen molar-refractivity contribution in [2.24, 2.45) is 5.92 Å². The first-order chi connectivity index (χ1) is 10.5. The molecule has 1 aliphatic heterocycles. The van der Waals surface area contributed by atoms with E-state index >= 15 is 0 Å². The largest absolute Gasteiger partial charge is 0.383 e. The van der Waals surface area contributed by atoms with Crippen LogP contribution in [0.2, 0.25) is 0 Å². The molecule has 0 radical (unpaired) electrons. The second-order valence-electron chi connectivity index (χ2n) is 5.49. The van der Waals surface area contributed by atoms with Gasteiger partial charge in [-0.15, -0.1) is 10.2 Å². The summed E-state index contributed by atoms with van der Waals surface area (Å²) < 4.78 is 5.07. The molecule has 22 heavy (non-hydrogen) atoms. The highest BCUT2D eigenvalue weighted by Crippen LogP contribution is 2.23. The van der Waals surface area contributed by atoms with Crippen LogP contribution in [0.15, 0.2) is 0 Å². The number of ether oxygens (including phenoxy) is 1. The Bertz CT molecular complexity index is 534. The Kier molecular flexibility index (Phi) is 5.84. The summed E-state index contributed by atoms with van der Waals surface area (Å²) in [5.74, 6) is -0.515. The maximum absolute atomic E-state index is 12.3. The molecule has 8 heteroatoms. The van der Waals surface area contributed by atoms with Crippen LogP contribution in [-0.2, 0) is 20.7 Å². The molecule has 122 valence electrons. The van der Waals surface area contributed by atoms with E-state index in [1.54, 1.807) is 12.0 Å². The lowest BCUT2D eigenvalue weighted by atomic mass is 10.1. The Morgan fingerprint density at radius 1 is 1.55 bits per heavy atom. The van der Waals surface area contributed by atoms with Crippen LogP contribution in [-0.4, -0.2) is 53.2 Å². The number of methoxy groups -OCH3 is 1. The topological polar surface area (TPSA) is 84.4 Å². The van der Waals surface area contributed by atoms with Gasteiger partial charge in [0.05, 0.1) is 18.6 Å². The average molecular weight is 326 g/mol. The number of carbonyl (C=O) groups is 2. The van der Waals surface area contributed by atoms with Crippen LogP contribution in [0, 0.1) is 5.92 Å². The van der Waals surface area contributed by atoms with Crippen LogP contribution in [0.3, 0.4) is 0 Å². The first-order valence-corrected chi connectivity index (χ1v) is 8.28. The quantitative estimate of drug-likeness (QED) is 0.817. The third kappa shape index (κ3) is 4.01. The Labute approximate surface area is 134 Å². The fourth-order valence-electron chi connectivity index (χ4n) is 2.49. The number of anilines is 1. The number of aryl methyl sites for hydroxylation is 1. The molecule has 0 saturated carbocycles. The number of nitrogens with one attached hydrogen (secondary N) is 1. The first kappa shape index (κ1) is 16.8. The molecule has 2 rings (SSSR count). The van der Waals surface area contributed by atoms with Gasteiger partial charge in [0.1, 0.15) is 5.01 Å². The maximum atomic E-state index is 12.3. The van der Waals surface area contributed by atoms with Gasteiger partial charge in [-0.1, -0.05) is 18.3 Å². The van der Waals surface area contributed by atoms with Crippen molar-refractivity contribution in [1.29, 1.82) is 0 Å². The van der Waals surface area contributed by atoms with E-state index in [0.29, 0.717) is 18.3 Å². The van der Waals surface area contributed by atoms with Gasteiger partial charge in [0.25, 0.3) is 0 Å². The Hall–Kier alpha value is -1.54. The molecule has 7 nitrogen and oxygen atoms in total. The molecule has 2 heterocycles. The molecule has 1 N–H and O–H groups in total. The highest BCUT2D eigenvalue weighted by Gasteiger charge is 2.36. The number of nitrogens with zero attached hydrogens (tertiary/aromatic N) is 3. The zero-order valence-corrected chi connectivity index (χ0v) is 14.0. The molecule has 1 aliphatic rings. The predicted molar refractivity (Wildman–Crippen MR) is 83.7 cm³/mol. The van der Waals surface area contributed by atoms with Crippen LogP contribution in [0.4, 0.5) is 5.13 Å². The number of rotatable bonds is 7. The molecule has 0 aromatic carbocycles. The Morgan fingerprint density at radius 3 is 3.00 bits per heavy atom. The van der Waals surface area contributed by atoms with Gasteiger partial charge in [-0.3, -0.25) is 9.59 Å². The SMILES string of the molecule is CCCc1nnc(NC(=O)[C@H]2CC(=O)N([C@@H](C)COC)C2)s1. The van der Waals surface area contributed by atoms with Crippen molar-refractivity contribution in [3.8, 4) is 0 Å². The average Bonchev–Trinajstić information content (AvgIpc) is 3.06. The molecule has 1 saturated heterocycles. The van der Waals surface area contributed by atoms with Crippen molar-refractivity contribution in [2.45, 2.75) is 39.2 Å². The fraction of sp³-hybridized carbons (Fsp3) is 0.714. The standard InChI is InChI=1S/C14H22N4O3S/c1-4-5-11-16-17-14(22-11)15-13(20)10-6-12(19)18(7-10)9(2)8-21-3/h9-10H,4-8H2,1-3H3,(H,15,17,20)/t9-,10-/m0/s1. The van der Waals surface area contributed by atoms with Gasteiger partial charge in [-0.25, -0.2) is 0 Å². The van der Waals surface area contributed by atoms with Gasteiger partial charge in [0.2, 0.25) is 16.9 Å². The molecular formula is C14H22N4O3S. The van der Waals surface area contributed by atoms with Crippen molar-refractivity contribution in [3.05, 3.63) is 5.01 Å². The summed E-state index contributed by atoms with van der Waals surface area (Å²) >= 11 is 1.39. The number of aromatic nitrogens is 2. The van der Waals surface area contributed by atoms with Gasteiger partial charge in [-0.2, -0.15) is 0 Å². The van der Waals surface area contributed by atoms with E-state index in [1.165, 1.54) is 11.3 Å². The van der Waals surface area contributed by atoms with E-state index < -0.39 is 0 Å². The molecule has 1 fully saturated rings. The number of carbonyl (C=O) groups excluding carboxylic acids is 2. The molecule has 0 aliphatic carbocycles. The normalized spacial score (nSPS) is 19.5. The van der Waals surface area contributed by atoms with Gasteiger partial charge < -0.3 is 15.0 Å². The third-order valence-corrected chi connectivity index (χ3v) is 4.53. The second-order valence-corrected chi connectivity index (χ2v) is 6.55. The smallest absolute Gasteiger partial charge is 0.231 e. The molecule has 0 spiro atoms. The summed E-state index contributed by atoms with van der Waals surface area (Å²) in [5.41, 5.74) is 0. The maximum Gasteiger partial charge on any atom is 0.231 e. The van der Waals surface area contributed by atoms with Crippen molar-refractivity contribution < 1.29 is 14.3 Å². The summed E-state index contributed by atoms with van der Waals surface area (Å²) in [5, 5.41) is 12.2. The summed E-state index contributed by atoms with van der Waals surface area (Å²) in [7, 11) is 1.60. The highest BCUT2D eigenvalue weighted by atomic mass is 32.1. The number of hydrogen-bond donors (Lipinski definition) is 1. The number of hydrogen-bond acceptors (Lipinski definition) is 6. The molecule has 1 aromatic heterocycles. The molecule has 0 unspecified atom stereocenters. The predicted octanol–water partition coefficient (Wildman–Crippen LogP) is 1.31. The summed E-state index contributed by atoms with van der Waals surface area (Å²) in [6, 6.07) is -0.0204. The Morgan fingerprint density at radius 2 is 2.32 bits per heavy atom. The molecule has 0 bridgehead atoms. The minimum absolute atomic E-state index is 0.00589. The summed E-state index contributed by atoms with van der Waals surface area (Å²) in [6.07, 6.45) is 2.09. The third-order valence-electron chi connectivity index (χ3n) is 3.63. The molecular weight excluding hydrogens is 304 g/mol. The van der Waals surface area contributed by atoms with Crippen LogP contribution in [0.5, 0.6) is 0 Å². The van der Waals surface area contributed by atoms with Crippen LogP contribution in [0.1, 0.15) is 31.7 Å². The van der Waals surface area contributed by atoms with Crippen molar-refractivity contribution >= 4 is 28.3 Å². The van der Waals surface area contributed by atoms with Crippen molar-refractivity contribution in [1.82, 2.24) is 15.1 Å². The lowest BCUT2D eigenvalue weighted by Crippen LogP contribution is -2.38. The number of amides is 2. The summed E-state index contributed by atoms with van der Waals surface area (Å²) in [4.78, 5) is 26.0. The highest BCUT2D eigenvalue weighted by molar-refractivity contribution is 7.15. The summed E-state index contributed by atoms with van der Waals surface area (Å²) in [6.45, 7) is 4.88. The van der Waals surface area contributed by atoms with E-state index in [2.05, 4.69) is 22.4 Å². The van der Waals surface area contributed by atoms with E-state index in [9.17, 15) is 9.59 Å². The van der Waals surface area contributed by atoms with E-state index in [1.807, 2.05) is 6.92 Å². The lowest BCUT2D eigenvalue weighted by molar-refractivity contribution is -0.130. The zero-order chi connectivity index (χ0) is 16.1. The Balaban J connectivity index is 1.91. The molecule has 1 aromatic rings. The van der Waals surface area contributed by atoms with Crippen LogP contribution < -0.4 is 5.32 Å². The second kappa shape index (κ2) is 7.64. The van der Waals surface area contributed by atoms with E-state index in [-0.39, 0.29) is 30.2 Å². The van der Waals surface area contributed by atoms with Gasteiger partial charge in [-0.05, 0) is 13.3 Å². The number of likely N-dealkylation sites (tertiary alicyclic amines) is 1. The first-order valence-electron chi connectivity index (χ1n) is 7.46. The van der Waals surface area contributed by atoms with Gasteiger partial charge in [0.15, 0.2) is 0 Å². The zero-order valence-electron chi connectivity index (χ0n) is 13.2. The minimum atomic E-state index is -0.342. The van der Waals surface area contributed by atoms with Crippen LogP contribution >= 0.6 is 11.3 Å². The minimum Gasteiger partial charge on any atom is -0.383 e. The molecule has 2 atom stereocenters.